The fourth-order valence-corrected chi connectivity index (χ4v) is 4.12. The Balaban J connectivity index is 2.89. The van der Waals surface area contributed by atoms with E-state index in [4.69, 9.17) is 0 Å². The smallest absolute Gasteiger partial charge is 0.0911 e. The number of allylic oxidation sites excluding steroid dienone is 1. The molecule has 0 saturated carbocycles. The summed E-state index contributed by atoms with van der Waals surface area (Å²) < 4.78 is 13.4. The first-order valence-corrected chi connectivity index (χ1v) is 8.27. The van der Waals surface area contributed by atoms with E-state index in [0.29, 0.717) is 0 Å². The van der Waals surface area contributed by atoms with Crippen molar-refractivity contribution in [3.63, 3.8) is 0 Å². The SMILES string of the molecule is CCCC/C(CC)=C(/I)S(=O)c1ccccc1. The third kappa shape index (κ3) is 4.54. The van der Waals surface area contributed by atoms with Crippen LogP contribution in [0, 0.1) is 0 Å². The number of unbranched alkanes of at least 4 members (excludes halogenated alkanes) is 1. The molecule has 0 amide bonds. The molecule has 17 heavy (non-hydrogen) atoms. The van der Waals surface area contributed by atoms with Gasteiger partial charge in [-0.3, -0.25) is 0 Å². The molecule has 0 fully saturated rings. The lowest BCUT2D eigenvalue weighted by Gasteiger charge is -2.08. The minimum absolute atomic E-state index is 0.902. The summed E-state index contributed by atoms with van der Waals surface area (Å²) in [5.41, 5.74) is 1.34. The number of hydrogen-bond acceptors (Lipinski definition) is 1. The van der Waals surface area contributed by atoms with Crippen LogP contribution in [0.5, 0.6) is 0 Å². The van der Waals surface area contributed by atoms with Gasteiger partial charge in [-0.25, -0.2) is 4.21 Å². The maximum absolute atomic E-state index is 12.4. The minimum atomic E-state index is -0.995. The fourth-order valence-electron chi connectivity index (χ4n) is 1.58. The maximum atomic E-state index is 12.4. The van der Waals surface area contributed by atoms with Crippen LogP contribution in [-0.2, 0) is 10.8 Å². The molecule has 0 spiro atoms. The molecule has 0 aliphatic carbocycles. The van der Waals surface area contributed by atoms with Crippen molar-refractivity contribution in [1.82, 2.24) is 0 Å². The lowest BCUT2D eigenvalue weighted by atomic mass is 10.1. The first-order chi connectivity index (χ1) is 8.20. The maximum Gasteiger partial charge on any atom is 0.0911 e. The summed E-state index contributed by atoms with van der Waals surface area (Å²) >= 11 is 2.25. The Morgan fingerprint density at radius 3 is 2.41 bits per heavy atom. The molecule has 1 aromatic carbocycles. The second kappa shape index (κ2) is 8.03. The van der Waals surface area contributed by atoms with Crippen molar-refractivity contribution in [3.05, 3.63) is 38.8 Å². The highest BCUT2D eigenvalue weighted by molar-refractivity contribution is 14.1. The van der Waals surface area contributed by atoms with Gasteiger partial charge in [0.1, 0.15) is 0 Å². The van der Waals surface area contributed by atoms with Gasteiger partial charge in [0, 0.05) is 4.90 Å². The van der Waals surface area contributed by atoms with E-state index in [1.54, 1.807) is 0 Å². The van der Waals surface area contributed by atoms with E-state index in [9.17, 15) is 4.21 Å². The van der Waals surface area contributed by atoms with Crippen LogP contribution < -0.4 is 0 Å². The van der Waals surface area contributed by atoms with Crippen LogP contribution in [-0.4, -0.2) is 4.21 Å². The Hall–Kier alpha value is -0.160. The zero-order valence-electron chi connectivity index (χ0n) is 10.4. The molecule has 1 aromatic rings. The molecule has 0 heterocycles. The molecule has 0 aliphatic heterocycles. The molecule has 0 radical (unpaired) electrons. The second-order valence-electron chi connectivity index (χ2n) is 3.92. The summed E-state index contributed by atoms with van der Waals surface area (Å²) in [5.74, 6) is 0. The van der Waals surface area contributed by atoms with Gasteiger partial charge in [-0.05, 0) is 59.6 Å². The molecule has 0 bridgehead atoms. The summed E-state index contributed by atoms with van der Waals surface area (Å²) in [6.45, 7) is 4.33. The van der Waals surface area contributed by atoms with Crippen LogP contribution in [0.1, 0.15) is 39.5 Å². The van der Waals surface area contributed by atoms with Crippen LogP contribution in [0.25, 0.3) is 0 Å². The summed E-state index contributed by atoms with van der Waals surface area (Å²) in [7, 11) is -0.995. The summed E-state index contributed by atoms with van der Waals surface area (Å²) in [6.07, 6.45) is 4.44. The molecular formula is C14H19IOS. The number of halogens is 1. The van der Waals surface area contributed by atoms with Gasteiger partial charge in [-0.15, -0.1) is 0 Å². The highest BCUT2D eigenvalue weighted by Gasteiger charge is 2.11. The van der Waals surface area contributed by atoms with Crippen molar-refractivity contribution < 1.29 is 4.21 Å². The topological polar surface area (TPSA) is 17.1 Å². The molecule has 3 heteroatoms. The van der Waals surface area contributed by atoms with Gasteiger partial charge in [-0.1, -0.05) is 38.5 Å². The molecule has 0 aliphatic rings. The quantitative estimate of drug-likeness (QED) is 0.648. The molecular weight excluding hydrogens is 343 g/mol. The van der Waals surface area contributed by atoms with Crippen molar-refractivity contribution >= 4 is 33.4 Å². The van der Waals surface area contributed by atoms with E-state index in [2.05, 4.69) is 36.4 Å². The second-order valence-corrected chi connectivity index (χ2v) is 7.14. The third-order valence-electron chi connectivity index (χ3n) is 2.66. The average Bonchev–Trinajstić information content (AvgIpc) is 2.39. The van der Waals surface area contributed by atoms with E-state index in [0.717, 1.165) is 20.6 Å². The summed E-state index contributed by atoms with van der Waals surface area (Å²) in [4.78, 5) is 0.902. The zero-order chi connectivity index (χ0) is 12.7. The molecule has 0 N–H and O–H groups in total. The predicted octanol–water partition coefficient (Wildman–Crippen LogP) is 5.04. The van der Waals surface area contributed by atoms with E-state index < -0.39 is 10.8 Å². The van der Waals surface area contributed by atoms with Crippen molar-refractivity contribution in [1.29, 1.82) is 0 Å². The Bertz CT molecular complexity index is 398. The third-order valence-corrected chi connectivity index (χ3v) is 5.93. The van der Waals surface area contributed by atoms with E-state index in [-0.39, 0.29) is 0 Å². The molecule has 0 saturated heterocycles. The normalized spacial score (nSPS) is 14.3. The van der Waals surface area contributed by atoms with Gasteiger partial charge in [0.05, 0.1) is 13.7 Å². The van der Waals surface area contributed by atoms with Gasteiger partial charge in [0.2, 0.25) is 0 Å². The van der Waals surface area contributed by atoms with Crippen LogP contribution in [0.3, 0.4) is 0 Å². The summed E-state index contributed by atoms with van der Waals surface area (Å²) in [6, 6.07) is 9.70. The lowest BCUT2D eigenvalue weighted by Crippen LogP contribution is -1.95. The van der Waals surface area contributed by atoms with Gasteiger partial charge < -0.3 is 0 Å². The van der Waals surface area contributed by atoms with Gasteiger partial charge in [-0.2, -0.15) is 0 Å². The first kappa shape index (κ1) is 14.9. The van der Waals surface area contributed by atoms with Gasteiger partial charge in [0.15, 0.2) is 0 Å². The van der Waals surface area contributed by atoms with Crippen LogP contribution >= 0.6 is 22.6 Å². The number of rotatable bonds is 6. The minimum Gasteiger partial charge on any atom is -0.249 e. The van der Waals surface area contributed by atoms with Crippen molar-refractivity contribution in [2.75, 3.05) is 0 Å². The fraction of sp³-hybridized carbons (Fsp3) is 0.429. The van der Waals surface area contributed by atoms with Crippen LogP contribution in [0.4, 0.5) is 0 Å². The highest BCUT2D eigenvalue weighted by atomic mass is 127. The van der Waals surface area contributed by atoms with Crippen molar-refractivity contribution in [2.45, 2.75) is 44.4 Å². The highest BCUT2D eigenvalue weighted by Crippen LogP contribution is 2.27. The van der Waals surface area contributed by atoms with E-state index in [1.807, 2.05) is 30.3 Å². The molecule has 1 atom stereocenters. The largest absolute Gasteiger partial charge is 0.249 e. The van der Waals surface area contributed by atoms with Gasteiger partial charge >= 0.3 is 0 Å². The molecule has 1 unspecified atom stereocenters. The number of hydrogen-bond donors (Lipinski definition) is 0. The standard InChI is InChI=1S/C14H19IOS/c1-3-5-9-12(4-2)14(15)17(16)13-10-7-6-8-11-13/h6-8,10-11H,3-5,9H2,1-2H3/b14-12-. The Kier molecular flexibility index (Phi) is 7.04. The lowest BCUT2D eigenvalue weighted by molar-refractivity contribution is 0.687. The van der Waals surface area contributed by atoms with E-state index >= 15 is 0 Å². The average molecular weight is 362 g/mol. The Morgan fingerprint density at radius 1 is 1.24 bits per heavy atom. The predicted molar refractivity (Wildman–Crippen MR) is 83.7 cm³/mol. The zero-order valence-corrected chi connectivity index (χ0v) is 13.4. The molecule has 94 valence electrons. The molecule has 1 nitrogen and oxygen atoms in total. The van der Waals surface area contributed by atoms with Crippen molar-refractivity contribution in [3.8, 4) is 0 Å². The molecule has 0 aromatic heterocycles. The molecule has 1 rings (SSSR count). The first-order valence-electron chi connectivity index (χ1n) is 6.05. The Morgan fingerprint density at radius 2 is 1.88 bits per heavy atom. The monoisotopic (exact) mass is 362 g/mol. The van der Waals surface area contributed by atoms with E-state index in [1.165, 1.54) is 18.4 Å². The van der Waals surface area contributed by atoms with Crippen LogP contribution in [0.15, 0.2) is 43.7 Å². The van der Waals surface area contributed by atoms with Gasteiger partial charge in [0.25, 0.3) is 0 Å². The van der Waals surface area contributed by atoms with Crippen molar-refractivity contribution in [2.24, 2.45) is 0 Å². The Labute approximate surface area is 120 Å². The van der Waals surface area contributed by atoms with Crippen LogP contribution in [0.2, 0.25) is 0 Å². The number of benzene rings is 1. The summed E-state index contributed by atoms with van der Waals surface area (Å²) in [5, 5.41) is 0.